The van der Waals surface area contributed by atoms with E-state index < -0.39 is 11.9 Å². The van der Waals surface area contributed by atoms with E-state index in [9.17, 15) is 9.59 Å². The maximum absolute atomic E-state index is 11.3. The normalized spacial score (nSPS) is 21.3. The Hall–Kier alpha value is -1.32. The Labute approximate surface area is 83.2 Å². The van der Waals surface area contributed by atoms with Gasteiger partial charge in [-0.2, -0.15) is 0 Å². The van der Waals surface area contributed by atoms with Gasteiger partial charge in [0.15, 0.2) is 0 Å². The Morgan fingerprint density at radius 3 is 2.93 bits per heavy atom. The largest absolute Gasteiger partial charge is 0.481 e. The summed E-state index contributed by atoms with van der Waals surface area (Å²) in [5.41, 5.74) is 0. The Balaban J connectivity index is 2.37. The number of nitrogens with zero attached hydrogens (tertiary/aromatic N) is 1. The second-order valence-corrected chi connectivity index (χ2v) is 3.51. The zero-order valence-electron chi connectivity index (χ0n) is 8.11. The second-order valence-electron chi connectivity index (χ2n) is 3.51. The van der Waals surface area contributed by atoms with Crippen molar-refractivity contribution in [2.24, 2.45) is 5.92 Å². The molecule has 0 aromatic heterocycles. The average molecular weight is 197 g/mol. The molecule has 1 saturated heterocycles. The minimum absolute atomic E-state index is 0.0403. The van der Waals surface area contributed by atoms with Crippen LogP contribution in [0.25, 0.3) is 0 Å². The highest BCUT2D eigenvalue weighted by molar-refractivity contribution is 5.86. The smallest absolute Gasteiger partial charge is 0.308 e. The number of amides is 1. The number of likely N-dealkylation sites (tertiary alicyclic amines) is 1. The van der Waals surface area contributed by atoms with Gasteiger partial charge in [0, 0.05) is 19.5 Å². The molecule has 4 nitrogen and oxygen atoms in total. The van der Waals surface area contributed by atoms with E-state index in [1.165, 1.54) is 0 Å². The summed E-state index contributed by atoms with van der Waals surface area (Å²) in [6, 6.07) is 0. The van der Waals surface area contributed by atoms with Gasteiger partial charge < -0.3 is 10.0 Å². The molecule has 14 heavy (non-hydrogen) atoms. The lowest BCUT2D eigenvalue weighted by Gasteiger charge is -2.14. The molecule has 1 aliphatic heterocycles. The standard InChI is InChI=1S/C10H15NO3/c1-2-3-4-5-11-7-8(10(13)14)6-9(11)12/h2,8H,1,3-7H2,(H,13,14). The van der Waals surface area contributed by atoms with Crippen LogP contribution in [-0.2, 0) is 9.59 Å². The molecule has 1 rings (SSSR count). The fraction of sp³-hybridized carbons (Fsp3) is 0.600. The quantitative estimate of drug-likeness (QED) is 0.526. The number of aliphatic carboxylic acids is 1. The maximum atomic E-state index is 11.3. The van der Waals surface area contributed by atoms with Crippen molar-refractivity contribution in [1.29, 1.82) is 0 Å². The molecule has 1 N–H and O–H groups in total. The molecule has 0 aromatic carbocycles. The monoisotopic (exact) mass is 197 g/mol. The van der Waals surface area contributed by atoms with Crippen LogP contribution in [0.3, 0.4) is 0 Å². The van der Waals surface area contributed by atoms with Gasteiger partial charge in [0.25, 0.3) is 0 Å². The Kier molecular flexibility index (Phi) is 3.68. The first-order valence-electron chi connectivity index (χ1n) is 4.76. The van der Waals surface area contributed by atoms with E-state index in [-0.39, 0.29) is 12.3 Å². The zero-order valence-corrected chi connectivity index (χ0v) is 8.11. The lowest BCUT2D eigenvalue weighted by atomic mass is 10.1. The third-order valence-electron chi connectivity index (χ3n) is 2.40. The molecule has 1 heterocycles. The van der Waals surface area contributed by atoms with E-state index in [4.69, 9.17) is 5.11 Å². The van der Waals surface area contributed by atoms with Gasteiger partial charge in [-0.3, -0.25) is 9.59 Å². The second kappa shape index (κ2) is 4.79. The van der Waals surface area contributed by atoms with E-state index in [1.54, 1.807) is 11.0 Å². The summed E-state index contributed by atoms with van der Waals surface area (Å²) < 4.78 is 0. The van der Waals surface area contributed by atoms with E-state index in [1.807, 2.05) is 0 Å². The number of carbonyl (C=O) groups is 2. The van der Waals surface area contributed by atoms with E-state index in [2.05, 4.69) is 6.58 Å². The highest BCUT2D eigenvalue weighted by Crippen LogP contribution is 2.18. The van der Waals surface area contributed by atoms with Crippen molar-refractivity contribution in [2.45, 2.75) is 19.3 Å². The first-order valence-corrected chi connectivity index (χ1v) is 4.76. The van der Waals surface area contributed by atoms with Gasteiger partial charge in [-0.15, -0.1) is 6.58 Å². The molecule has 78 valence electrons. The number of allylic oxidation sites excluding steroid dienone is 1. The summed E-state index contributed by atoms with van der Waals surface area (Å²) in [6.07, 6.45) is 3.68. The third-order valence-corrected chi connectivity index (χ3v) is 2.40. The first-order chi connectivity index (χ1) is 6.65. The topological polar surface area (TPSA) is 57.6 Å². The first kappa shape index (κ1) is 10.8. The predicted molar refractivity (Wildman–Crippen MR) is 51.8 cm³/mol. The van der Waals surface area contributed by atoms with E-state index in [0.29, 0.717) is 13.1 Å². The van der Waals surface area contributed by atoms with Crippen molar-refractivity contribution >= 4 is 11.9 Å². The van der Waals surface area contributed by atoms with E-state index in [0.717, 1.165) is 12.8 Å². The number of hydrogen-bond donors (Lipinski definition) is 1. The molecule has 1 atom stereocenters. The Bertz CT molecular complexity index is 250. The van der Waals surface area contributed by atoms with Crippen molar-refractivity contribution in [3.8, 4) is 0 Å². The van der Waals surface area contributed by atoms with Gasteiger partial charge in [-0.25, -0.2) is 0 Å². The van der Waals surface area contributed by atoms with Crippen LogP contribution in [0, 0.1) is 5.92 Å². The van der Waals surface area contributed by atoms with Crippen molar-refractivity contribution in [1.82, 2.24) is 4.90 Å². The summed E-state index contributed by atoms with van der Waals surface area (Å²) in [4.78, 5) is 23.6. The fourth-order valence-corrected chi connectivity index (χ4v) is 1.58. The molecule has 0 aromatic rings. The minimum atomic E-state index is -0.871. The molecule has 0 spiro atoms. The predicted octanol–water partition coefficient (Wildman–Crippen LogP) is 0.886. The summed E-state index contributed by atoms with van der Waals surface area (Å²) in [5, 5.41) is 8.73. The van der Waals surface area contributed by atoms with Crippen LogP contribution in [0.15, 0.2) is 12.7 Å². The molecule has 1 amide bonds. The van der Waals surface area contributed by atoms with Gasteiger partial charge in [0.2, 0.25) is 5.91 Å². The summed E-state index contributed by atoms with van der Waals surface area (Å²) in [5.74, 6) is -1.42. The zero-order chi connectivity index (χ0) is 10.6. The molecule has 0 saturated carbocycles. The summed E-state index contributed by atoms with van der Waals surface area (Å²) >= 11 is 0. The number of rotatable bonds is 5. The summed E-state index contributed by atoms with van der Waals surface area (Å²) in [6.45, 7) is 4.60. The molecular formula is C10H15NO3. The van der Waals surface area contributed by atoms with Crippen LogP contribution in [0.5, 0.6) is 0 Å². The van der Waals surface area contributed by atoms with Crippen LogP contribution in [0.1, 0.15) is 19.3 Å². The average Bonchev–Trinajstić information content (AvgIpc) is 2.49. The number of carboxylic acid groups (broad SMARTS) is 1. The van der Waals surface area contributed by atoms with Gasteiger partial charge in [0.05, 0.1) is 5.92 Å². The number of unbranched alkanes of at least 4 members (excludes halogenated alkanes) is 1. The molecule has 0 bridgehead atoms. The highest BCUT2D eigenvalue weighted by atomic mass is 16.4. The molecular weight excluding hydrogens is 182 g/mol. The molecule has 4 heteroatoms. The van der Waals surface area contributed by atoms with Crippen LogP contribution in [0.2, 0.25) is 0 Å². The van der Waals surface area contributed by atoms with Gasteiger partial charge >= 0.3 is 5.97 Å². The van der Waals surface area contributed by atoms with Crippen LogP contribution in [0.4, 0.5) is 0 Å². The molecule has 0 aliphatic carbocycles. The molecule has 1 aliphatic rings. The highest BCUT2D eigenvalue weighted by Gasteiger charge is 2.33. The van der Waals surface area contributed by atoms with Crippen molar-refractivity contribution in [2.75, 3.05) is 13.1 Å². The van der Waals surface area contributed by atoms with Crippen molar-refractivity contribution in [3.05, 3.63) is 12.7 Å². The van der Waals surface area contributed by atoms with Crippen LogP contribution >= 0.6 is 0 Å². The number of carbonyl (C=O) groups excluding carboxylic acids is 1. The number of carboxylic acids is 1. The van der Waals surface area contributed by atoms with E-state index >= 15 is 0 Å². The molecule has 1 fully saturated rings. The van der Waals surface area contributed by atoms with Gasteiger partial charge in [0.1, 0.15) is 0 Å². The van der Waals surface area contributed by atoms with Gasteiger partial charge in [-0.05, 0) is 12.8 Å². The Morgan fingerprint density at radius 2 is 2.43 bits per heavy atom. The van der Waals surface area contributed by atoms with Crippen LogP contribution < -0.4 is 0 Å². The molecule has 1 unspecified atom stereocenters. The van der Waals surface area contributed by atoms with Crippen LogP contribution in [-0.4, -0.2) is 35.0 Å². The number of hydrogen-bond acceptors (Lipinski definition) is 2. The summed E-state index contributed by atoms with van der Waals surface area (Å²) in [7, 11) is 0. The minimum Gasteiger partial charge on any atom is -0.481 e. The van der Waals surface area contributed by atoms with Crippen molar-refractivity contribution < 1.29 is 14.7 Å². The third kappa shape index (κ3) is 2.58. The SMILES string of the molecule is C=CCCCN1CC(C(=O)O)CC1=O. The molecule has 0 radical (unpaired) electrons. The Morgan fingerprint density at radius 1 is 1.71 bits per heavy atom. The fourth-order valence-electron chi connectivity index (χ4n) is 1.58. The lowest BCUT2D eigenvalue weighted by molar-refractivity contribution is -0.141. The maximum Gasteiger partial charge on any atom is 0.308 e. The lowest BCUT2D eigenvalue weighted by Crippen LogP contribution is -2.27. The van der Waals surface area contributed by atoms with Gasteiger partial charge in [-0.1, -0.05) is 6.08 Å². The van der Waals surface area contributed by atoms with Crippen molar-refractivity contribution in [3.63, 3.8) is 0 Å².